The Bertz CT molecular complexity index is 2250. The van der Waals surface area contributed by atoms with E-state index in [-0.39, 0.29) is 43.7 Å². The first-order valence-corrected chi connectivity index (χ1v) is 26.2. The summed E-state index contributed by atoms with van der Waals surface area (Å²) in [6.45, 7) is 2.50. The molecule has 0 unspecified atom stereocenters. The van der Waals surface area contributed by atoms with Gasteiger partial charge in [0.15, 0.2) is 0 Å². The van der Waals surface area contributed by atoms with Crippen molar-refractivity contribution in [3.05, 3.63) is 71.9 Å². The molecule has 382 valence electrons. The van der Waals surface area contributed by atoms with Gasteiger partial charge in [0.25, 0.3) is 0 Å². The summed E-state index contributed by atoms with van der Waals surface area (Å²) in [7, 11) is 2.15. The molecule has 2 aliphatic heterocycles. The number of hydrogen-bond acceptors (Lipinski definition) is 14. The maximum Gasteiger partial charge on any atom is 0.245 e. The third-order valence-corrected chi connectivity index (χ3v) is 14.5. The number of para-hydroxylation sites is 1. The minimum Gasteiger partial charge on any atom is -0.391 e. The normalized spacial score (nSPS) is 24.2. The molecular weight excluding hydrogens is 941 g/mol. The van der Waals surface area contributed by atoms with Gasteiger partial charge in [0.1, 0.15) is 42.3 Å². The highest BCUT2D eigenvalue weighted by atomic mass is 33.1. The zero-order valence-electron chi connectivity index (χ0n) is 39.3. The number of aliphatic hydroxyl groups excluding tert-OH is 1. The largest absolute Gasteiger partial charge is 0.391 e. The average Bonchev–Trinajstić information content (AvgIpc) is 4.04. The van der Waals surface area contributed by atoms with Gasteiger partial charge in [-0.05, 0) is 95.1 Å². The van der Waals surface area contributed by atoms with E-state index in [1.54, 1.807) is 36.5 Å². The number of aromatic nitrogens is 1. The summed E-state index contributed by atoms with van der Waals surface area (Å²) in [5.41, 5.74) is 19.2. The number of amides is 8. The Balaban J connectivity index is 1.55. The summed E-state index contributed by atoms with van der Waals surface area (Å²) < 4.78 is 0. The van der Waals surface area contributed by atoms with Crippen molar-refractivity contribution in [3.8, 4) is 0 Å². The van der Waals surface area contributed by atoms with Gasteiger partial charge in [-0.25, -0.2) is 0 Å². The number of hydrogen-bond donors (Lipinski definition) is 13. The molecule has 70 heavy (non-hydrogen) atoms. The molecule has 2 aliphatic rings. The minimum atomic E-state index is -1.65. The molecule has 3 aromatic rings. The SMILES string of the molecule is C[C@@H](O)[C@@H]1NC(=O)[C@H](CCCCN)NC(=O)[C@@H](Cc2c[nH]c3ccccc23)NC(=O)[C@H](Cc2ccccc2)NC(=O)[C@@H](NC(=O)[C@@H]2CCCN2)CSSC[C@@H](C(=O)N[C@@H](CCCCN)C(N)=O)NC1=O. The molecule has 2 saturated heterocycles. The number of primary amides is 1. The fourth-order valence-electron chi connectivity index (χ4n) is 8.12. The van der Waals surface area contributed by atoms with Crippen molar-refractivity contribution in [1.29, 1.82) is 0 Å². The zero-order valence-corrected chi connectivity index (χ0v) is 41.0. The number of unbranched alkanes of at least 4 members (excludes halogenated alkanes) is 2. The summed E-state index contributed by atoms with van der Waals surface area (Å²) in [4.78, 5) is 115. The Morgan fingerprint density at radius 3 is 2.06 bits per heavy atom. The van der Waals surface area contributed by atoms with Crippen molar-refractivity contribution >= 4 is 79.7 Å². The molecule has 9 atom stereocenters. The second-order valence-electron chi connectivity index (χ2n) is 17.5. The number of rotatable bonds is 18. The fourth-order valence-corrected chi connectivity index (χ4v) is 10.4. The molecule has 0 spiro atoms. The van der Waals surface area contributed by atoms with E-state index in [1.807, 2.05) is 24.3 Å². The fraction of sp³-hybridized carbons (Fsp3) is 0.532. The van der Waals surface area contributed by atoms with E-state index >= 15 is 0 Å². The molecular formula is C47H68N12O9S2. The predicted octanol–water partition coefficient (Wildman–Crippen LogP) is -1.38. The highest BCUT2D eigenvalue weighted by molar-refractivity contribution is 8.76. The number of nitrogens with one attached hydrogen (secondary N) is 9. The van der Waals surface area contributed by atoms with Crippen LogP contribution >= 0.6 is 21.6 Å². The van der Waals surface area contributed by atoms with Gasteiger partial charge in [-0.3, -0.25) is 38.4 Å². The summed E-state index contributed by atoms with van der Waals surface area (Å²) in [5.74, 6) is -6.29. The van der Waals surface area contributed by atoms with Crippen LogP contribution in [0.25, 0.3) is 10.9 Å². The smallest absolute Gasteiger partial charge is 0.245 e. The Labute approximate surface area is 415 Å². The number of carbonyl (C=O) groups excluding carboxylic acids is 8. The van der Waals surface area contributed by atoms with Crippen LogP contribution < -0.4 is 59.7 Å². The molecule has 0 radical (unpaired) electrons. The van der Waals surface area contributed by atoms with Crippen LogP contribution in [0.1, 0.15) is 69.4 Å². The van der Waals surface area contributed by atoms with Crippen LogP contribution in [0.5, 0.6) is 0 Å². The van der Waals surface area contributed by atoms with Gasteiger partial charge in [-0.1, -0.05) is 70.1 Å². The van der Waals surface area contributed by atoms with Crippen LogP contribution in [-0.2, 0) is 51.2 Å². The van der Waals surface area contributed by atoms with Crippen LogP contribution in [0.4, 0.5) is 0 Å². The van der Waals surface area contributed by atoms with E-state index in [2.05, 4.69) is 47.5 Å². The molecule has 16 N–H and O–H groups in total. The summed E-state index contributed by atoms with van der Waals surface area (Å²) in [6.07, 6.45) is 3.49. The van der Waals surface area contributed by atoms with E-state index in [0.717, 1.165) is 38.9 Å². The molecule has 2 fully saturated rings. The maximum atomic E-state index is 14.7. The van der Waals surface area contributed by atoms with Crippen LogP contribution in [-0.4, -0.2) is 143 Å². The Morgan fingerprint density at radius 1 is 0.729 bits per heavy atom. The van der Waals surface area contributed by atoms with Crippen LogP contribution in [0.3, 0.4) is 0 Å². The molecule has 21 nitrogen and oxygen atoms in total. The molecule has 0 saturated carbocycles. The number of fused-ring (bicyclic) bond motifs is 1. The molecule has 0 bridgehead atoms. The number of aliphatic hydroxyl groups is 1. The quantitative estimate of drug-likeness (QED) is 0.0516. The first-order valence-electron chi connectivity index (χ1n) is 23.8. The van der Waals surface area contributed by atoms with Gasteiger partial charge in [0.2, 0.25) is 47.3 Å². The monoisotopic (exact) mass is 1010 g/mol. The van der Waals surface area contributed by atoms with Crippen LogP contribution in [0, 0.1) is 0 Å². The minimum absolute atomic E-state index is 0.00750. The molecule has 0 aliphatic carbocycles. The van der Waals surface area contributed by atoms with Gasteiger partial charge in [0.05, 0.1) is 12.1 Å². The molecule has 5 rings (SSSR count). The van der Waals surface area contributed by atoms with Crippen molar-refractivity contribution in [2.24, 2.45) is 17.2 Å². The predicted molar refractivity (Wildman–Crippen MR) is 268 cm³/mol. The Hall–Kier alpha value is -5.72. The molecule has 23 heteroatoms. The first kappa shape index (κ1) is 55.2. The van der Waals surface area contributed by atoms with Gasteiger partial charge in [-0.2, -0.15) is 0 Å². The molecule has 8 amide bonds. The Morgan fingerprint density at radius 2 is 1.37 bits per heavy atom. The van der Waals surface area contributed by atoms with Gasteiger partial charge < -0.3 is 69.8 Å². The highest BCUT2D eigenvalue weighted by Gasteiger charge is 2.37. The molecule has 1 aromatic heterocycles. The van der Waals surface area contributed by atoms with E-state index in [1.165, 1.54) is 6.92 Å². The van der Waals surface area contributed by atoms with Crippen molar-refractivity contribution in [2.75, 3.05) is 31.1 Å². The lowest BCUT2D eigenvalue weighted by Gasteiger charge is -2.29. The van der Waals surface area contributed by atoms with Crippen molar-refractivity contribution < 1.29 is 43.5 Å². The third-order valence-electron chi connectivity index (χ3n) is 12.1. The lowest BCUT2D eigenvalue weighted by Crippen LogP contribution is -2.62. The second kappa shape index (κ2) is 28.2. The van der Waals surface area contributed by atoms with Gasteiger partial charge >= 0.3 is 0 Å². The number of carbonyl (C=O) groups is 8. The van der Waals surface area contributed by atoms with Gasteiger partial charge in [-0.15, -0.1) is 0 Å². The van der Waals surface area contributed by atoms with E-state index in [4.69, 9.17) is 17.2 Å². The number of H-pyrrole nitrogens is 1. The number of nitrogens with two attached hydrogens (primary N) is 3. The lowest BCUT2D eigenvalue weighted by molar-refractivity contribution is -0.136. The van der Waals surface area contributed by atoms with Crippen molar-refractivity contribution in [2.45, 2.75) is 126 Å². The Kier molecular flexibility index (Phi) is 22.2. The average molecular weight is 1010 g/mol. The van der Waals surface area contributed by atoms with Gasteiger partial charge in [0, 0.05) is 41.4 Å². The van der Waals surface area contributed by atoms with E-state index < -0.39 is 102 Å². The topological polar surface area (TPSA) is 347 Å². The summed E-state index contributed by atoms with van der Waals surface area (Å²) in [5, 5.41) is 33.9. The molecule has 3 heterocycles. The second-order valence-corrected chi connectivity index (χ2v) is 20.1. The van der Waals surface area contributed by atoms with Crippen LogP contribution in [0.2, 0.25) is 0 Å². The number of benzene rings is 2. The van der Waals surface area contributed by atoms with Crippen LogP contribution in [0.15, 0.2) is 60.8 Å². The first-order chi connectivity index (χ1) is 33.7. The zero-order chi connectivity index (χ0) is 50.6. The van der Waals surface area contributed by atoms with E-state index in [9.17, 15) is 43.5 Å². The third kappa shape index (κ3) is 16.7. The lowest BCUT2D eigenvalue weighted by atomic mass is 10.0. The number of aromatic amines is 1. The summed E-state index contributed by atoms with van der Waals surface area (Å²) in [6, 6.07) is 6.47. The van der Waals surface area contributed by atoms with Crippen molar-refractivity contribution in [3.63, 3.8) is 0 Å². The highest BCUT2D eigenvalue weighted by Crippen LogP contribution is 2.24. The standard InChI is InChI=1S/C47H68N12O9S2/c1-27(60)39-47(68)58-38(45(66)53-32(40(50)61)16-7-9-19-48)26-70-69-25-37(57-41(62)33-18-11-21-51-33)46(67)55-35(22-28-12-3-2-4-13-28)43(64)56-36(23-29-24-52-31-15-6-5-14-30(29)31)44(65)54-34(42(63)59-39)17-8-10-20-49/h2-6,12-15,24,27,32-39,51-52,60H,7-11,16-23,25-26,48-49H2,1H3,(H2,50,61)(H,53,66)(H,54,65)(H,55,67)(H,56,64)(H,57,62)(H,58,68)(H,59,63)/t27-,32+,33+,34+,35+,36-,37+,38+,39+/m1/s1. The summed E-state index contributed by atoms with van der Waals surface area (Å²) >= 11 is 0. The maximum absolute atomic E-state index is 14.7. The van der Waals surface area contributed by atoms with E-state index in [0.29, 0.717) is 56.3 Å². The van der Waals surface area contributed by atoms with Crippen molar-refractivity contribution in [1.82, 2.24) is 47.5 Å². The molecule has 2 aromatic carbocycles.